The van der Waals surface area contributed by atoms with Gasteiger partial charge in [-0.05, 0) is 19.9 Å². The van der Waals surface area contributed by atoms with E-state index in [9.17, 15) is 0 Å². The fraction of sp³-hybridized carbons (Fsp3) is 0.692. The Kier molecular flexibility index (Phi) is 4.09. The Morgan fingerprint density at radius 1 is 1.32 bits per heavy atom. The number of rotatable bonds is 5. The van der Waals surface area contributed by atoms with Crippen molar-refractivity contribution in [2.24, 2.45) is 5.92 Å². The molecule has 1 fully saturated rings. The lowest BCUT2D eigenvalue weighted by Crippen LogP contribution is -2.57. The Labute approximate surface area is 114 Å². The third-order valence-electron chi connectivity index (χ3n) is 3.72. The molecule has 0 amide bonds. The molecular weight excluding hydrogens is 240 g/mol. The number of anilines is 3. The summed E-state index contributed by atoms with van der Waals surface area (Å²) in [4.78, 5) is 10.7. The zero-order valence-corrected chi connectivity index (χ0v) is 12.1. The molecule has 0 unspecified atom stereocenters. The van der Waals surface area contributed by atoms with E-state index in [0.29, 0.717) is 23.9 Å². The summed E-state index contributed by atoms with van der Waals surface area (Å²) in [7, 11) is 1.98. The third-order valence-corrected chi connectivity index (χ3v) is 3.72. The zero-order chi connectivity index (χ0) is 14.0. The molecular formula is C13H24N6. The van der Waals surface area contributed by atoms with Gasteiger partial charge in [0, 0.05) is 31.2 Å². The average molecular weight is 264 g/mol. The van der Waals surface area contributed by atoms with Crippen LogP contribution in [0.2, 0.25) is 0 Å². The molecule has 19 heavy (non-hydrogen) atoms. The molecule has 6 heteroatoms. The summed E-state index contributed by atoms with van der Waals surface area (Å²) in [5.41, 5.74) is 5.79. The molecule has 2 rings (SSSR count). The second-order valence-corrected chi connectivity index (χ2v) is 5.54. The topological polar surface area (TPSA) is 79.1 Å². The highest BCUT2D eigenvalue weighted by atomic mass is 15.3. The molecule has 1 aliphatic heterocycles. The Bertz CT molecular complexity index is 427. The van der Waals surface area contributed by atoms with Gasteiger partial charge in [-0.3, -0.25) is 0 Å². The highest BCUT2D eigenvalue weighted by Gasteiger charge is 2.26. The first-order chi connectivity index (χ1) is 8.99. The van der Waals surface area contributed by atoms with Gasteiger partial charge < -0.3 is 21.3 Å². The minimum absolute atomic E-state index is 0.323. The number of nitrogen functional groups attached to an aromatic ring is 1. The lowest BCUT2D eigenvalue weighted by Gasteiger charge is -2.40. The van der Waals surface area contributed by atoms with Crippen LogP contribution in [-0.2, 0) is 0 Å². The molecule has 6 nitrogen and oxygen atoms in total. The molecule has 1 saturated heterocycles. The van der Waals surface area contributed by atoms with Crippen LogP contribution in [0.5, 0.6) is 0 Å². The van der Waals surface area contributed by atoms with Crippen molar-refractivity contribution in [1.82, 2.24) is 15.3 Å². The fourth-order valence-electron chi connectivity index (χ4n) is 1.94. The summed E-state index contributed by atoms with van der Waals surface area (Å²) in [5, 5.41) is 6.62. The predicted molar refractivity (Wildman–Crippen MR) is 79.4 cm³/mol. The quantitative estimate of drug-likeness (QED) is 0.734. The molecule has 0 radical (unpaired) electrons. The Morgan fingerprint density at radius 3 is 2.58 bits per heavy atom. The molecule has 0 bridgehead atoms. The van der Waals surface area contributed by atoms with Gasteiger partial charge >= 0.3 is 0 Å². The van der Waals surface area contributed by atoms with Crippen LogP contribution in [0.3, 0.4) is 0 Å². The van der Waals surface area contributed by atoms with E-state index >= 15 is 0 Å². The number of likely N-dealkylation sites (N-methyl/N-ethyl adjacent to an activating group) is 1. The Balaban J connectivity index is 2.07. The van der Waals surface area contributed by atoms with Crippen LogP contribution in [0.1, 0.15) is 20.8 Å². The number of hydrogen-bond acceptors (Lipinski definition) is 6. The minimum atomic E-state index is 0.323. The second kappa shape index (κ2) is 5.61. The first-order valence-corrected chi connectivity index (χ1v) is 6.83. The third kappa shape index (κ3) is 3.26. The van der Waals surface area contributed by atoms with Gasteiger partial charge in [0.25, 0.3) is 0 Å². The van der Waals surface area contributed by atoms with E-state index in [-0.39, 0.29) is 0 Å². The molecule has 1 aromatic heterocycles. The van der Waals surface area contributed by atoms with Crippen molar-refractivity contribution >= 4 is 17.6 Å². The van der Waals surface area contributed by atoms with Crippen LogP contribution in [0.15, 0.2) is 6.07 Å². The van der Waals surface area contributed by atoms with Crippen molar-refractivity contribution in [3.8, 4) is 0 Å². The summed E-state index contributed by atoms with van der Waals surface area (Å²) < 4.78 is 0. The van der Waals surface area contributed by atoms with E-state index < -0.39 is 0 Å². The van der Waals surface area contributed by atoms with Crippen LogP contribution < -0.4 is 21.3 Å². The normalized spacial score (nSPS) is 17.4. The van der Waals surface area contributed by atoms with E-state index in [1.807, 2.05) is 13.1 Å². The van der Waals surface area contributed by atoms with Crippen LogP contribution in [-0.4, -0.2) is 42.2 Å². The summed E-state index contributed by atoms with van der Waals surface area (Å²) in [6, 6.07) is 2.87. The van der Waals surface area contributed by atoms with Crippen molar-refractivity contribution < 1.29 is 0 Å². The molecule has 0 aromatic carbocycles. The maximum absolute atomic E-state index is 5.79. The first-order valence-electron chi connectivity index (χ1n) is 6.83. The van der Waals surface area contributed by atoms with Gasteiger partial charge in [-0.1, -0.05) is 13.8 Å². The molecule has 1 atom stereocenters. The molecule has 4 N–H and O–H groups in total. The number of hydrogen-bond donors (Lipinski definition) is 3. The number of aromatic nitrogens is 2. The zero-order valence-electron chi connectivity index (χ0n) is 12.1. The summed E-state index contributed by atoms with van der Waals surface area (Å²) in [6.07, 6.45) is 0. The largest absolute Gasteiger partial charge is 0.368 e. The van der Waals surface area contributed by atoms with Crippen LogP contribution in [0, 0.1) is 5.92 Å². The van der Waals surface area contributed by atoms with E-state index in [0.717, 1.165) is 24.7 Å². The Morgan fingerprint density at radius 2 is 2.00 bits per heavy atom. The molecule has 1 aliphatic rings. The van der Waals surface area contributed by atoms with Crippen molar-refractivity contribution in [3.05, 3.63) is 6.07 Å². The van der Waals surface area contributed by atoms with E-state index in [2.05, 4.69) is 46.3 Å². The molecule has 0 aliphatic carbocycles. The van der Waals surface area contributed by atoms with Crippen LogP contribution >= 0.6 is 0 Å². The highest BCUT2D eigenvalue weighted by Crippen LogP contribution is 2.22. The highest BCUT2D eigenvalue weighted by molar-refractivity contribution is 5.54. The van der Waals surface area contributed by atoms with Gasteiger partial charge in [0.1, 0.15) is 11.6 Å². The molecule has 0 spiro atoms. The molecule has 1 aromatic rings. The van der Waals surface area contributed by atoms with Gasteiger partial charge in [-0.25, -0.2) is 0 Å². The van der Waals surface area contributed by atoms with Crippen molar-refractivity contribution in [2.45, 2.75) is 32.9 Å². The standard InChI is InChI=1S/C13H24N6/c1-8(2)9(3)16-11-5-12(18-13(14)17-11)19-6-10(7-19)15-4/h5,8-10,15H,6-7H2,1-4H3,(H3,14,16,17,18)/t9-/m0/s1. The fourth-order valence-corrected chi connectivity index (χ4v) is 1.94. The van der Waals surface area contributed by atoms with E-state index in [1.165, 1.54) is 0 Å². The van der Waals surface area contributed by atoms with E-state index in [4.69, 9.17) is 5.73 Å². The van der Waals surface area contributed by atoms with Crippen LogP contribution in [0.25, 0.3) is 0 Å². The maximum Gasteiger partial charge on any atom is 0.223 e. The Hall–Kier alpha value is -1.56. The monoisotopic (exact) mass is 264 g/mol. The summed E-state index contributed by atoms with van der Waals surface area (Å²) >= 11 is 0. The molecule has 106 valence electrons. The summed E-state index contributed by atoms with van der Waals surface area (Å²) in [6.45, 7) is 8.42. The summed E-state index contributed by atoms with van der Waals surface area (Å²) in [5.74, 6) is 2.57. The number of nitrogens with one attached hydrogen (secondary N) is 2. The van der Waals surface area contributed by atoms with E-state index in [1.54, 1.807) is 0 Å². The maximum atomic E-state index is 5.79. The number of nitrogens with two attached hydrogens (primary N) is 1. The molecule has 2 heterocycles. The van der Waals surface area contributed by atoms with Gasteiger partial charge in [0.2, 0.25) is 5.95 Å². The van der Waals surface area contributed by atoms with Gasteiger partial charge in [-0.15, -0.1) is 0 Å². The number of nitrogens with zero attached hydrogens (tertiary/aromatic N) is 3. The molecule has 0 saturated carbocycles. The predicted octanol–water partition coefficient (Wildman–Crippen LogP) is 0.923. The lowest BCUT2D eigenvalue weighted by molar-refractivity contribution is 0.447. The lowest BCUT2D eigenvalue weighted by atomic mass is 10.1. The van der Waals surface area contributed by atoms with Gasteiger partial charge in [-0.2, -0.15) is 9.97 Å². The van der Waals surface area contributed by atoms with Crippen molar-refractivity contribution in [1.29, 1.82) is 0 Å². The first kappa shape index (κ1) is 13.9. The SMILES string of the molecule is CNC1CN(c2cc(N[C@@H](C)C(C)C)nc(N)n2)C1. The van der Waals surface area contributed by atoms with Crippen molar-refractivity contribution in [2.75, 3.05) is 36.1 Å². The minimum Gasteiger partial charge on any atom is -0.368 e. The second-order valence-electron chi connectivity index (χ2n) is 5.54. The average Bonchev–Trinajstić information content (AvgIpc) is 2.26. The van der Waals surface area contributed by atoms with Crippen LogP contribution in [0.4, 0.5) is 17.6 Å². The van der Waals surface area contributed by atoms with Crippen molar-refractivity contribution in [3.63, 3.8) is 0 Å². The van der Waals surface area contributed by atoms with Gasteiger partial charge in [0.15, 0.2) is 0 Å². The smallest absolute Gasteiger partial charge is 0.223 e. The van der Waals surface area contributed by atoms with Gasteiger partial charge in [0.05, 0.1) is 0 Å².